The van der Waals surface area contributed by atoms with Gasteiger partial charge in [0.25, 0.3) is 0 Å². The number of benzene rings is 1. The Morgan fingerprint density at radius 1 is 1.30 bits per heavy atom. The van der Waals surface area contributed by atoms with Gasteiger partial charge in [0, 0.05) is 18.7 Å². The van der Waals surface area contributed by atoms with Crippen LogP contribution in [0.3, 0.4) is 0 Å². The highest BCUT2D eigenvalue weighted by Crippen LogP contribution is 2.31. The molecule has 1 amide bonds. The number of aryl methyl sites for hydroxylation is 1. The molecule has 0 bridgehead atoms. The zero-order valence-electron chi connectivity index (χ0n) is 13.0. The van der Waals surface area contributed by atoms with Gasteiger partial charge in [-0.2, -0.15) is 5.10 Å². The van der Waals surface area contributed by atoms with Crippen LogP contribution in [0.25, 0.3) is 6.08 Å². The summed E-state index contributed by atoms with van der Waals surface area (Å²) in [5.74, 6) is 1.95. The summed E-state index contributed by atoms with van der Waals surface area (Å²) in [5.41, 5.74) is 0.881. The van der Waals surface area contributed by atoms with E-state index < -0.39 is 0 Å². The van der Waals surface area contributed by atoms with E-state index in [1.165, 1.54) is 6.08 Å². The molecule has 1 aliphatic heterocycles. The third-order valence-corrected chi connectivity index (χ3v) is 3.40. The highest BCUT2D eigenvalue weighted by molar-refractivity contribution is 6.01. The van der Waals surface area contributed by atoms with Gasteiger partial charge in [0.15, 0.2) is 11.5 Å². The van der Waals surface area contributed by atoms with Gasteiger partial charge in [-0.05, 0) is 30.2 Å². The number of ether oxygens (including phenoxy) is 2. The molecule has 6 heteroatoms. The number of hydrogen-bond donors (Lipinski definition) is 1. The van der Waals surface area contributed by atoms with Crippen molar-refractivity contribution in [3.8, 4) is 11.5 Å². The minimum atomic E-state index is -0.197. The van der Waals surface area contributed by atoms with E-state index in [2.05, 4.69) is 17.3 Å². The fourth-order valence-electron chi connectivity index (χ4n) is 2.33. The minimum Gasteiger partial charge on any atom is -0.486 e. The molecular formula is C17H19N3O3. The molecule has 0 saturated carbocycles. The molecule has 0 unspecified atom stereocenters. The molecule has 1 aromatic carbocycles. The lowest BCUT2D eigenvalue weighted by Gasteiger charge is -2.18. The summed E-state index contributed by atoms with van der Waals surface area (Å²) in [4.78, 5) is 12.0. The van der Waals surface area contributed by atoms with E-state index in [-0.39, 0.29) is 5.91 Å². The van der Waals surface area contributed by atoms with E-state index in [1.54, 1.807) is 23.0 Å². The fourth-order valence-corrected chi connectivity index (χ4v) is 2.33. The average molecular weight is 313 g/mol. The third kappa shape index (κ3) is 3.71. The molecule has 0 radical (unpaired) electrons. The van der Waals surface area contributed by atoms with E-state index in [9.17, 15) is 4.79 Å². The fraction of sp³-hybridized carbons (Fsp3) is 0.294. The van der Waals surface area contributed by atoms with Crippen molar-refractivity contribution in [2.45, 2.75) is 19.9 Å². The lowest BCUT2D eigenvalue weighted by Crippen LogP contribution is -2.15. The Kier molecular flexibility index (Phi) is 4.61. The third-order valence-electron chi connectivity index (χ3n) is 3.40. The maximum atomic E-state index is 12.0. The van der Waals surface area contributed by atoms with Crippen molar-refractivity contribution in [1.82, 2.24) is 9.78 Å². The monoisotopic (exact) mass is 313 g/mol. The minimum absolute atomic E-state index is 0.197. The molecule has 6 nitrogen and oxygen atoms in total. The highest BCUT2D eigenvalue weighted by atomic mass is 16.6. The summed E-state index contributed by atoms with van der Waals surface area (Å²) >= 11 is 0. The van der Waals surface area contributed by atoms with Crippen LogP contribution in [0.15, 0.2) is 36.5 Å². The van der Waals surface area contributed by atoms with Gasteiger partial charge < -0.3 is 14.8 Å². The van der Waals surface area contributed by atoms with Crippen LogP contribution in [0.1, 0.15) is 18.9 Å². The molecule has 0 aliphatic carbocycles. The van der Waals surface area contributed by atoms with Gasteiger partial charge in [-0.25, -0.2) is 4.68 Å². The Morgan fingerprint density at radius 3 is 2.96 bits per heavy atom. The molecule has 1 aromatic heterocycles. The van der Waals surface area contributed by atoms with Crippen LogP contribution in [-0.4, -0.2) is 28.9 Å². The second kappa shape index (κ2) is 7.00. The van der Waals surface area contributed by atoms with Crippen molar-refractivity contribution >= 4 is 17.8 Å². The Labute approximate surface area is 134 Å². The number of amides is 1. The van der Waals surface area contributed by atoms with Crippen molar-refractivity contribution in [1.29, 1.82) is 0 Å². The molecule has 0 saturated heterocycles. The van der Waals surface area contributed by atoms with Crippen LogP contribution in [-0.2, 0) is 11.3 Å². The van der Waals surface area contributed by atoms with Crippen molar-refractivity contribution < 1.29 is 14.3 Å². The van der Waals surface area contributed by atoms with Crippen LogP contribution < -0.4 is 14.8 Å². The predicted octanol–water partition coefficient (Wildman–Crippen LogP) is 2.72. The number of carbonyl (C=O) groups excluding carboxylic acids is 1. The van der Waals surface area contributed by atoms with Crippen molar-refractivity contribution in [2.75, 3.05) is 18.5 Å². The number of nitrogens with one attached hydrogen (secondary N) is 1. The Bertz CT molecular complexity index is 722. The second-order valence-corrected chi connectivity index (χ2v) is 5.17. The smallest absolute Gasteiger partial charge is 0.249 e. The lowest BCUT2D eigenvalue weighted by atomic mass is 10.2. The maximum absolute atomic E-state index is 12.0. The lowest BCUT2D eigenvalue weighted by molar-refractivity contribution is -0.111. The number of rotatable bonds is 5. The number of aromatic nitrogens is 2. The summed E-state index contributed by atoms with van der Waals surface area (Å²) in [6.07, 6.45) is 5.87. The first-order valence-electron chi connectivity index (χ1n) is 7.67. The normalized spacial score (nSPS) is 13.3. The molecule has 0 atom stereocenters. The summed E-state index contributed by atoms with van der Waals surface area (Å²) in [6, 6.07) is 7.38. The SMILES string of the molecule is CCCn1nccc1NC(=O)/C=C/c1ccc2c(c1)OCCO2. The topological polar surface area (TPSA) is 65.4 Å². The van der Waals surface area contributed by atoms with Crippen molar-refractivity contribution in [2.24, 2.45) is 0 Å². The number of anilines is 1. The summed E-state index contributed by atoms with van der Waals surface area (Å²) in [7, 11) is 0. The molecule has 3 rings (SSSR count). The van der Waals surface area contributed by atoms with E-state index >= 15 is 0 Å². The first-order valence-corrected chi connectivity index (χ1v) is 7.67. The van der Waals surface area contributed by atoms with Gasteiger partial charge in [0.2, 0.25) is 5.91 Å². The number of nitrogens with zero attached hydrogens (tertiary/aromatic N) is 2. The molecule has 0 spiro atoms. The van der Waals surface area contributed by atoms with Crippen molar-refractivity contribution in [3.05, 3.63) is 42.1 Å². The largest absolute Gasteiger partial charge is 0.486 e. The molecule has 0 fully saturated rings. The quantitative estimate of drug-likeness (QED) is 0.862. The molecule has 23 heavy (non-hydrogen) atoms. The average Bonchev–Trinajstić information content (AvgIpc) is 3.00. The number of carbonyl (C=O) groups is 1. The zero-order valence-corrected chi connectivity index (χ0v) is 13.0. The number of fused-ring (bicyclic) bond motifs is 1. The van der Waals surface area contributed by atoms with E-state index in [0.29, 0.717) is 24.8 Å². The zero-order chi connectivity index (χ0) is 16.1. The molecule has 1 N–H and O–H groups in total. The maximum Gasteiger partial charge on any atom is 0.249 e. The Morgan fingerprint density at radius 2 is 2.13 bits per heavy atom. The van der Waals surface area contributed by atoms with E-state index in [0.717, 1.165) is 24.3 Å². The van der Waals surface area contributed by atoms with Gasteiger partial charge in [0.1, 0.15) is 19.0 Å². The standard InChI is InChI=1S/C17H19N3O3/c1-2-9-20-16(7-8-18-20)19-17(21)6-4-13-3-5-14-15(12-13)23-11-10-22-14/h3-8,12H,2,9-11H2,1H3,(H,19,21)/b6-4+. The van der Waals surface area contributed by atoms with Gasteiger partial charge in [-0.3, -0.25) is 4.79 Å². The number of hydrogen-bond acceptors (Lipinski definition) is 4. The Balaban J connectivity index is 1.65. The summed E-state index contributed by atoms with van der Waals surface area (Å²) in [5, 5.41) is 7.00. The van der Waals surface area contributed by atoms with Gasteiger partial charge in [-0.15, -0.1) is 0 Å². The molecule has 2 aromatic rings. The van der Waals surface area contributed by atoms with Gasteiger partial charge in [-0.1, -0.05) is 13.0 Å². The van der Waals surface area contributed by atoms with Crippen LogP contribution in [0, 0.1) is 0 Å². The first kappa shape index (κ1) is 15.1. The summed E-state index contributed by atoms with van der Waals surface area (Å²) in [6.45, 7) is 3.95. The summed E-state index contributed by atoms with van der Waals surface area (Å²) < 4.78 is 12.8. The Hall–Kier alpha value is -2.76. The van der Waals surface area contributed by atoms with Gasteiger partial charge in [0.05, 0.1) is 6.20 Å². The second-order valence-electron chi connectivity index (χ2n) is 5.17. The first-order chi connectivity index (χ1) is 11.3. The van der Waals surface area contributed by atoms with Crippen LogP contribution in [0.5, 0.6) is 11.5 Å². The van der Waals surface area contributed by atoms with Crippen LogP contribution in [0.2, 0.25) is 0 Å². The molecular weight excluding hydrogens is 294 g/mol. The molecule has 2 heterocycles. The molecule has 120 valence electrons. The van der Waals surface area contributed by atoms with E-state index in [1.807, 2.05) is 18.2 Å². The van der Waals surface area contributed by atoms with Crippen LogP contribution >= 0.6 is 0 Å². The highest BCUT2D eigenvalue weighted by Gasteiger charge is 2.11. The van der Waals surface area contributed by atoms with E-state index in [4.69, 9.17) is 9.47 Å². The van der Waals surface area contributed by atoms with Gasteiger partial charge >= 0.3 is 0 Å². The van der Waals surface area contributed by atoms with Crippen LogP contribution in [0.4, 0.5) is 5.82 Å². The van der Waals surface area contributed by atoms with Crippen molar-refractivity contribution in [3.63, 3.8) is 0 Å². The molecule has 1 aliphatic rings. The predicted molar refractivity (Wildman–Crippen MR) is 87.6 cm³/mol.